The number of likely N-dealkylation sites (tertiary alicyclic amines) is 2. The minimum absolute atomic E-state index is 0.0205. The topological polar surface area (TPSA) is 295 Å². The van der Waals surface area contributed by atoms with Crippen molar-refractivity contribution < 1.29 is 48.5 Å². The minimum atomic E-state index is -2.03. The summed E-state index contributed by atoms with van der Waals surface area (Å²) in [6, 6.07) is 27.1. The zero-order valence-electron chi connectivity index (χ0n) is 54.5. The second-order valence-electron chi connectivity index (χ2n) is 27.1. The lowest BCUT2D eigenvalue weighted by Gasteiger charge is -2.48. The van der Waals surface area contributed by atoms with Crippen LogP contribution in [0, 0.1) is 5.92 Å². The van der Waals surface area contributed by atoms with Crippen LogP contribution in [-0.4, -0.2) is 205 Å². The maximum atomic E-state index is 14.2. The molecule has 9 amide bonds. The van der Waals surface area contributed by atoms with Crippen molar-refractivity contribution in [1.29, 1.82) is 0 Å². The number of fused-ring (bicyclic) bond motifs is 6. The lowest BCUT2D eigenvalue weighted by atomic mass is 9.72. The number of anilines is 2. The first-order valence-electron chi connectivity index (χ1n) is 33.8. The van der Waals surface area contributed by atoms with E-state index in [1.165, 1.54) is 28.3 Å². The van der Waals surface area contributed by atoms with E-state index in [4.69, 9.17) is 10.5 Å². The summed E-state index contributed by atoms with van der Waals surface area (Å²) in [6.07, 6.45) is 11.7. The number of hydrogen-bond donors (Lipinski definition) is 8. The van der Waals surface area contributed by atoms with Crippen LogP contribution in [0.1, 0.15) is 92.0 Å². The van der Waals surface area contributed by atoms with E-state index in [1.807, 2.05) is 71.6 Å². The Morgan fingerprint density at radius 1 is 0.814 bits per heavy atom. The summed E-state index contributed by atoms with van der Waals surface area (Å²) in [5.74, 6) is -3.94. The Bertz CT molecular complexity index is 3920. The summed E-state index contributed by atoms with van der Waals surface area (Å²) in [4.78, 5) is 117. The number of benzene rings is 4. The first kappa shape index (κ1) is 67.4. The number of nitrogens with zero attached hydrogens (tertiary/aromatic N) is 8. The predicted molar refractivity (Wildman–Crippen MR) is 370 cm³/mol. The number of halogens is 2. The fourth-order valence-electron chi connectivity index (χ4n) is 16.0. The third kappa shape index (κ3) is 13.6. The molecule has 1 aliphatic carbocycles. The molecule has 0 radical (unpaired) electrons. The number of unbranched alkanes of at least 4 members (excludes halogenated alkanes) is 1. The number of nitrogens with two attached hydrogens (primary N) is 1. The smallest absolute Gasteiger partial charge is 0.322 e. The van der Waals surface area contributed by atoms with Gasteiger partial charge in [0.05, 0.1) is 14.9 Å². The van der Waals surface area contributed by atoms with Gasteiger partial charge in [-0.15, -0.1) is 0 Å². The zero-order valence-corrected chi connectivity index (χ0v) is 57.7. The number of likely N-dealkylation sites (N-methyl/N-ethyl adjacent to an activating group) is 1. The highest BCUT2D eigenvalue weighted by molar-refractivity contribution is 9.11. The molecule has 512 valence electrons. The highest BCUT2D eigenvalue weighted by Gasteiger charge is 2.70. The van der Waals surface area contributed by atoms with Gasteiger partial charge < -0.3 is 71.6 Å². The van der Waals surface area contributed by atoms with Crippen molar-refractivity contribution in [2.45, 2.75) is 138 Å². The number of para-hydroxylation sites is 1. The van der Waals surface area contributed by atoms with Gasteiger partial charge in [0.15, 0.2) is 0 Å². The fourth-order valence-corrected chi connectivity index (χ4v) is 17.2. The van der Waals surface area contributed by atoms with E-state index in [0.29, 0.717) is 131 Å². The predicted octanol–water partition coefficient (Wildman–Crippen LogP) is 6.49. The Kier molecular flexibility index (Phi) is 19.7. The van der Waals surface area contributed by atoms with Crippen LogP contribution in [0.25, 0.3) is 10.9 Å². The van der Waals surface area contributed by atoms with Crippen molar-refractivity contribution in [3.63, 3.8) is 0 Å². The Balaban J connectivity index is 0.000000179. The number of piperazine rings is 2. The number of phenols is 1. The van der Waals surface area contributed by atoms with Gasteiger partial charge in [0.2, 0.25) is 29.4 Å². The van der Waals surface area contributed by atoms with E-state index in [9.17, 15) is 43.8 Å². The Morgan fingerprint density at radius 2 is 1.55 bits per heavy atom. The largest absolute Gasteiger partial charge is 0.506 e. The molecule has 9 heterocycles. The van der Waals surface area contributed by atoms with Crippen molar-refractivity contribution in [3.8, 4) is 5.75 Å². The molecule has 4 aromatic carbocycles. The molecular formula is C71H84Br2N14O10. The molecule has 24 nitrogen and oxygen atoms in total. The normalized spacial score (nSPS) is 25.3. The van der Waals surface area contributed by atoms with E-state index in [-0.39, 0.29) is 66.3 Å². The first-order chi connectivity index (χ1) is 46.8. The van der Waals surface area contributed by atoms with Gasteiger partial charge in [-0.2, -0.15) is 0 Å². The fraction of sp³-hybridized carbons (Fsp3) is 0.465. The molecule has 6 fully saturated rings. The van der Waals surface area contributed by atoms with Crippen molar-refractivity contribution in [1.82, 2.24) is 55.3 Å². The SMILES string of the molecule is CN1C[C@H](C(=O)N[C@]2(C)O[C@@]3(O)[C@@H]4CCCN4C(=O)[C@H](Cc4ccccc4)N3C2=O)C[C@@H]2c3cccc4[nH]cc(c34)C[C@H]21.NCCCC[C@H](NC(=O)[C@@H](Cc1cc(Br)c(O)c(Br)c1)NC(=O)N1CCC(N2Cc3ccccc3NC2=O)CC1)C(=O)N1CCN(c2ccncc2)CC1. The van der Waals surface area contributed by atoms with E-state index in [1.54, 1.807) is 39.2 Å². The lowest BCUT2D eigenvalue weighted by molar-refractivity contribution is -0.315. The van der Waals surface area contributed by atoms with E-state index in [2.05, 4.69) is 104 Å². The molecule has 9 N–H and O–H groups in total. The number of aromatic nitrogens is 2. The van der Waals surface area contributed by atoms with E-state index >= 15 is 0 Å². The number of carbonyl (C=O) groups excluding carboxylic acids is 7. The highest BCUT2D eigenvalue weighted by atomic mass is 79.9. The van der Waals surface area contributed by atoms with Crippen LogP contribution in [-0.2, 0) is 54.5 Å². The van der Waals surface area contributed by atoms with Crippen LogP contribution in [0.4, 0.5) is 21.0 Å². The van der Waals surface area contributed by atoms with Gasteiger partial charge in [0, 0.05) is 131 Å². The van der Waals surface area contributed by atoms with Gasteiger partial charge in [0.1, 0.15) is 29.9 Å². The number of hydrogen-bond acceptors (Lipinski definition) is 14. The van der Waals surface area contributed by atoms with Crippen molar-refractivity contribution >= 4 is 95.7 Å². The number of carbonyl (C=O) groups is 7. The molecule has 97 heavy (non-hydrogen) atoms. The summed E-state index contributed by atoms with van der Waals surface area (Å²) in [5.41, 5.74) is 12.1. The van der Waals surface area contributed by atoms with Crippen LogP contribution in [0.15, 0.2) is 125 Å². The molecule has 6 saturated heterocycles. The number of pyridine rings is 1. The van der Waals surface area contributed by atoms with E-state index < -0.39 is 53.6 Å². The van der Waals surface area contributed by atoms with Gasteiger partial charge >= 0.3 is 12.1 Å². The average molecular weight is 1450 g/mol. The van der Waals surface area contributed by atoms with Crippen molar-refractivity contribution in [3.05, 3.63) is 152 Å². The summed E-state index contributed by atoms with van der Waals surface area (Å²) < 4.78 is 7.12. The van der Waals surface area contributed by atoms with Gasteiger partial charge in [-0.05, 0) is 174 Å². The van der Waals surface area contributed by atoms with Gasteiger partial charge in [-0.25, -0.2) is 9.59 Å². The monoisotopic (exact) mass is 1450 g/mol. The average Bonchev–Trinajstić information content (AvgIpc) is 1.54. The molecule has 0 saturated carbocycles. The molecule has 6 aromatic rings. The standard InChI is InChI=1S/C38H47Br2N9O5.C33H37N5O5/c39-29-21-25(22-30(40)34(29)50)23-33(45-37(53)48-15-10-28(11-16-48)49-24-26-5-1-2-6-31(26)44-38(49)54)35(51)43-32(7-3-4-12-41)36(52)47-19-17-46(18-20-47)27-8-13-42-14-9-27;1-32(35-29(39)21-15-23-22-10-6-11-24-28(22)20(17-34-24)16-25(23)36(2)18-21)31(41)38-26(14-19-8-4-3-5-9-19)30(40)37-13-7-12-27(37)33(38,42)43-32/h1-2,5-6,8-9,13-14,21-22,28,32-33,50H,3-4,7,10-12,15-20,23-24,41H2,(H,43,51)(H,44,54)(H,45,53);3-6,8-11,17,21,23,25-27,34,42H,7,12-16,18H2,1-2H3,(H,35,39)/t32-,33+;21-,23-,25-,26+,27+,32-,33+/m01/s1. The number of ether oxygens (including phenoxy) is 1. The Labute approximate surface area is 580 Å². The molecule has 8 aliphatic rings. The van der Waals surface area contributed by atoms with E-state index in [0.717, 1.165) is 34.4 Å². The molecule has 0 bridgehead atoms. The van der Waals surface area contributed by atoms with Crippen LogP contribution in [0.3, 0.4) is 0 Å². The van der Waals surface area contributed by atoms with Crippen LogP contribution in [0.5, 0.6) is 5.75 Å². The molecule has 9 atom stereocenters. The summed E-state index contributed by atoms with van der Waals surface area (Å²) in [6.45, 7) is 6.63. The van der Waals surface area contributed by atoms with Crippen LogP contribution >= 0.6 is 31.9 Å². The van der Waals surface area contributed by atoms with Crippen LogP contribution < -0.4 is 31.9 Å². The number of urea groups is 2. The maximum absolute atomic E-state index is 14.2. The van der Waals surface area contributed by atoms with Gasteiger partial charge in [0.25, 0.3) is 11.8 Å². The number of piperidine rings is 2. The summed E-state index contributed by atoms with van der Waals surface area (Å²) in [7, 11) is 2.06. The number of rotatable bonds is 16. The summed E-state index contributed by atoms with van der Waals surface area (Å²) in [5, 5.41) is 35.5. The molecule has 14 rings (SSSR count). The zero-order chi connectivity index (χ0) is 67.9. The lowest BCUT2D eigenvalue weighted by Crippen LogP contribution is -2.71. The number of aromatic hydroxyl groups is 1. The highest BCUT2D eigenvalue weighted by Crippen LogP contribution is 2.48. The molecular weight excluding hydrogens is 1370 g/mol. The van der Waals surface area contributed by atoms with Crippen molar-refractivity contribution in [2.75, 3.05) is 76.2 Å². The first-order valence-corrected chi connectivity index (χ1v) is 35.4. The van der Waals surface area contributed by atoms with Gasteiger partial charge in [-0.1, -0.05) is 60.7 Å². The third-order valence-corrected chi connectivity index (χ3v) is 22.2. The molecule has 7 aliphatic heterocycles. The number of H-pyrrole nitrogens is 1. The number of nitrogens with one attached hydrogen (secondary N) is 5. The van der Waals surface area contributed by atoms with Gasteiger partial charge in [-0.3, -0.25) is 38.6 Å². The van der Waals surface area contributed by atoms with Crippen molar-refractivity contribution in [2.24, 2.45) is 11.7 Å². The molecule has 2 aromatic heterocycles. The molecule has 0 unspecified atom stereocenters. The maximum Gasteiger partial charge on any atom is 0.322 e. The Morgan fingerprint density at radius 3 is 2.29 bits per heavy atom. The molecule has 0 spiro atoms. The summed E-state index contributed by atoms with van der Waals surface area (Å²) >= 11 is 6.74. The number of aliphatic hydroxyl groups is 1. The number of phenolic OH excluding ortho intramolecular Hbond substituents is 1. The van der Waals surface area contributed by atoms with Crippen LogP contribution in [0.2, 0.25) is 0 Å². The molecule has 26 heteroatoms. The quantitative estimate of drug-likeness (QED) is 0.0481. The Hall–Kier alpha value is -8.14. The third-order valence-electron chi connectivity index (χ3n) is 21.0. The number of amides is 9. The second kappa shape index (κ2) is 28.4. The minimum Gasteiger partial charge on any atom is -0.506 e. The second-order valence-corrected chi connectivity index (χ2v) is 28.8. The number of aromatic amines is 1.